The Morgan fingerprint density at radius 1 is 0.628 bits per heavy atom. The highest BCUT2D eigenvalue weighted by Gasteiger charge is 2.37. The predicted molar refractivity (Wildman–Crippen MR) is 285 cm³/mol. The van der Waals surface area contributed by atoms with Crippen molar-refractivity contribution in [1.82, 2.24) is 53.2 Å². The number of benzene rings is 1. The molecule has 2 fully saturated rings. The molecule has 78 heavy (non-hydrogen) atoms. The minimum atomic E-state index is -1.81. The summed E-state index contributed by atoms with van der Waals surface area (Å²) in [5.41, 5.74) is 24.5. The first-order chi connectivity index (χ1) is 37.0. The van der Waals surface area contributed by atoms with E-state index >= 15 is 0 Å². The van der Waals surface area contributed by atoms with Crippen LogP contribution < -0.4 is 76.1 Å². The van der Waals surface area contributed by atoms with Crippen LogP contribution in [0.3, 0.4) is 0 Å². The van der Waals surface area contributed by atoms with Crippen molar-refractivity contribution in [3.63, 3.8) is 0 Å². The average Bonchev–Trinajstić information content (AvgIpc) is 3.39. The van der Waals surface area contributed by atoms with Crippen LogP contribution in [0.5, 0.6) is 0 Å². The minimum Gasteiger partial charge on any atom is -0.394 e. The van der Waals surface area contributed by atoms with Gasteiger partial charge in [0.25, 0.3) is 0 Å². The molecule has 438 valence electrons. The lowest BCUT2D eigenvalue weighted by molar-refractivity contribution is -0.137. The Hall–Kier alpha value is -6.36. The second-order valence-electron chi connectivity index (χ2n) is 20.5. The average molecular weight is 1100 g/mol. The van der Waals surface area contributed by atoms with Crippen LogP contribution in [0.15, 0.2) is 30.3 Å². The molecule has 12 atom stereocenters. The van der Waals surface area contributed by atoms with Gasteiger partial charge in [-0.3, -0.25) is 47.9 Å². The number of hydrogen-bond acceptors (Lipinski definition) is 17. The molecule has 1 aliphatic carbocycles. The van der Waals surface area contributed by atoms with Gasteiger partial charge in [0, 0.05) is 25.4 Å². The fourth-order valence-electron chi connectivity index (χ4n) is 9.12. The molecule has 1 aromatic rings. The SMILES string of the molecule is CC(C)C[C@@H]1NC(=O)[C@@H](Cc2ccccc2)NC(=O)[C@H](CCN)NC(=O)[C@@H](NC(=O)[C@@H](CO)NC(=O)C(NC(=O)CC(N)C2CCCCC2)C(C)O)CCNC(=O)C(C(C)O)NC(=O)[C@H](CCN)NC(=O)[C@H](CCN)NC1=O. The number of carbonyl (C=O) groups is 10. The van der Waals surface area contributed by atoms with E-state index < -0.39 is 151 Å². The number of aliphatic hydroxyl groups excluding tert-OH is 3. The highest BCUT2D eigenvalue weighted by molar-refractivity contribution is 5.99. The highest BCUT2D eigenvalue weighted by atomic mass is 16.3. The Balaban J connectivity index is 2.06. The summed E-state index contributed by atoms with van der Waals surface area (Å²) in [6.45, 7) is 4.02. The van der Waals surface area contributed by atoms with E-state index in [0.29, 0.717) is 5.56 Å². The van der Waals surface area contributed by atoms with E-state index in [1.54, 1.807) is 44.2 Å². The first kappa shape index (κ1) is 65.9. The van der Waals surface area contributed by atoms with Gasteiger partial charge in [-0.1, -0.05) is 63.4 Å². The zero-order valence-corrected chi connectivity index (χ0v) is 45.2. The van der Waals surface area contributed by atoms with Crippen LogP contribution in [0.2, 0.25) is 0 Å². The summed E-state index contributed by atoms with van der Waals surface area (Å²) in [6.07, 6.45) is 0.437. The maximum Gasteiger partial charge on any atom is 0.245 e. The van der Waals surface area contributed by atoms with Crippen molar-refractivity contribution in [3.05, 3.63) is 35.9 Å². The summed E-state index contributed by atoms with van der Waals surface area (Å²) < 4.78 is 0. The largest absolute Gasteiger partial charge is 0.394 e. The van der Waals surface area contributed by atoms with Gasteiger partial charge in [-0.25, -0.2) is 0 Å². The van der Waals surface area contributed by atoms with E-state index in [1.807, 2.05) is 0 Å². The summed E-state index contributed by atoms with van der Waals surface area (Å²) in [4.78, 5) is 139. The van der Waals surface area contributed by atoms with Gasteiger partial charge in [-0.05, 0) is 95.8 Å². The standard InChI is InChI=1S/C51H86N14O13/c1-27(2)23-37-47(74)59-33(15-19-52)43(70)58-35(17-21-54)46(73)65-41(28(3)67)50(77)56-22-18-36(45(72)57-34(16-20-53)44(71)62-38(48(75)61-37)24-30-11-7-5-8-12-30)60-49(76)39(26-66)63-51(78)42(29(4)68)64-40(69)25-32(55)31-13-9-6-10-14-31/h5,7-8,11-12,27-29,31-39,41-42,66-68H,6,9-10,13-26,52-55H2,1-4H3,(H,56,77)(H,57,72)(H,58,70)(H,59,74)(H,60,76)(H,61,75)(H,62,71)(H,63,78)(H,64,69)(H,65,73)/t28?,29?,32?,33-,34-,35-,36-,37-,38+,39+,41?,42?/m0/s1. The summed E-state index contributed by atoms with van der Waals surface area (Å²) in [7, 11) is 0. The number of aliphatic hydroxyl groups is 3. The van der Waals surface area contributed by atoms with Crippen LogP contribution in [0, 0.1) is 11.8 Å². The topological polar surface area (TPSA) is 456 Å². The van der Waals surface area contributed by atoms with Crippen molar-refractivity contribution < 1.29 is 63.3 Å². The summed E-state index contributed by atoms with van der Waals surface area (Å²) in [5.74, 6) is -9.39. The molecule has 27 nitrogen and oxygen atoms in total. The van der Waals surface area contributed by atoms with Crippen LogP contribution in [-0.4, -0.2) is 180 Å². The summed E-state index contributed by atoms with van der Waals surface area (Å²) >= 11 is 0. The molecule has 1 saturated carbocycles. The Bertz CT molecular complexity index is 2150. The zero-order chi connectivity index (χ0) is 58.1. The Kier molecular flexibility index (Phi) is 28.6. The number of nitrogens with one attached hydrogen (secondary N) is 10. The van der Waals surface area contributed by atoms with Gasteiger partial charge >= 0.3 is 0 Å². The van der Waals surface area contributed by atoms with E-state index in [1.165, 1.54) is 13.8 Å². The molecule has 0 bridgehead atoms. The van der Waals surface area contributed by atoms with Crippen molar-refractivity contribution in [2.24, 2.45) is 34.8 Å². The van der Waals surface area contributed by atoms with Gasteiger partial charge < -0.3 is 91.4 Å². The fraction of sp³-hybridized carbons (Fsp3) is 0.686. The van der Waals surface area contributed by atoms with Crippen LogP contribution in [0.25, 0.3) is 0 Å². The first-order valence-corrected chi connectivity index (χ1v) is 26.9. The molecule has 21 N–H and O–H groups in total. The smallest absolute Gasteiger partial charge is 0.245 e. The van der Waals surface area contributed by atoms with Gasteiger partial charge in [-0.15, -0.1) is 0 Å². The quantitative estimate of drug-likeness (QED) is 0.0545. The minimum absolute atomic E-state index is 0.0501. The van der Waals surface area contributed by atoms with E-state index in [2.05, 4.69) is 53.2 Å². The van der Waals surface area contributed by atoms with Crippen LogP contribution in [-0.2, 0) is 54.4 Å². The third-order valence-corrected chi connectivity index (χ3v) is 13.5. The molecule has 1 aromatic carbocycles. The lowest BCUT2D eigenvalue weighted by atomic mass is 9.83. The summed E-state index contributed by atoms with van der Waals surface area (Å²) in [6, 6.07) is -5.72. The van der Waals surface area contributed by atoms with Crippen molar-refractivity contribution in [2.75, 3.05) is 32.8 Å². The summed E-state index contributed by atoms with van der Waals surface area (Å²) in [5, 5.41) is 56.7. The molecular weight excluding hydrogens is 1020 g/mol. The fourth-order valence-corrected chi connectivity index (χ4v) is 9.12. The van der Waals surface area contributed by atoms with Gasteiger partial charge in [0.05, 0.1) is 18.8 Å². The van der Waals surface area contributed by atoms with Crippen molar-refractivity contribution in [2.45, 2.75) is 177 Å². The van der Waals surface area contributed by atoms with Crippen molar-refractivity contribution >= 4 is 59.1 Å². The van der Waals surface area contributed by atoms with E-state index in [9.17, 15) is 63.3 Å². The zero-order valence-electron chi connectivity index (χ0n) is 45.2. The number of hydrogen-bond donors (Lipinski definition) is 17. The van der Waals surface area contributed by atoms with E-state index in [0.717, 1.165) is 32.1 Å². The number of carbonyl (C=O) groups excluding carboxylic acids is 10. The molecule has 10 amide bonds. The molecule has 0 radical (unpaired) electrons. The number of amides is 10. The molecule has 3 rings (SSSR count). The van der Waals surface area contributed by atoms with Gasteiger partial charge in [0.2, 0.25) is 59.1 Å². The van der Waals surface area contributed by atoms with Gasteiger partial charge in [-0.2, -0.15) is 0 Å². The molecule has 0 aromatic heterocycles. The lowest BCUT2D eigenvalue weighted by Crippen LogP contribution is -2.61. The third-order valence-electron chi connectivity index (χ3n) is 13.5. The third kappa shape index (κ3) is 21.8. The monoisotopic (exact) mass is 1100 g/mol. The van der Waals surface area contributed by atoms with E-state index in [4.69, 9.17) is 22.9 Å². The Labute approximate surface area is 455 Å². The second kappa shape index (κ2) is 33.8. The molecule has 2 aliphatic rings. The van der Waals surface area contributed by atoms with Crippen molar-refractivity contribution in [1.29, 1.82) is 0 Å². The predicted octanol–water partition coefficient (Wildman–Crippen LogP) is -5.74. The molecule has 1 saturated heterocycles. The first-order valence-electron chi connectivity index (χ1n) is 26.9. The Morgan fingerprint density at radius 2 is 1.13 bits per heavy atom. The maximum atomic E-state index is 14.4. The molecule has 1 heterocycles. The normalized spacial score (nSPS) is 25.0. The molecule has 1 aliphatic heterocycles. The molecule has 0 spiro atoms. The van der Waals surface area contributed by atoms with Gasteiger partial charge in [0.1, 0.15) is 54.4 Å². The van der Waals surface area contributed by atoms with Crippen molar-refractivity contribution in [3.8, 4) is 0 Å². The van der Waals surface area contributed by atoms with Crippen LogP contribution in [0.1, 0.15) is 104 Å². The molecule has 5 unspecified atom stereocenters. The second-order valence-corrected chi connectivity index (χ2v) is 20.5. The molecule has 27 heteroatoms. The highest BCUT2D eigenvalue weighted by Crippen LogP contribution is 2.27. The Morgan fingerprint density at radius 3 is 1.64 bits per heavy atom. The number of rotatable bonds is 21. The number of nitrogens with two attached hydrogens (primary N) is 4. The molecular formula is C51H86N14O13. The van der Waals surface area contributed by atoms with Gasteiger partial charge in [0.15, 0.2) is 0 Å². The van der Waals surface area contributed by atoms with E-state index in [-0.39, 0.29) is 70.0 Å². The van der Waals surface area contributed by atoms with Crippen LogP contribution >= 0.6 is 0 Å². The van der Waals surface area contributed by atoms with Crippen LogP contribution in [0.4, 0.5) is 0 Å². The maximum absolute atomic E-state index is 14.4. The lowest BCUT2D eigenvalue weighted by Gasteiger charge is -2.29.